The molecule has 0 N–H and O–H groups in total. The molecule has 0 amide bonds. The minimum absolute atomic E-state index is 0.138. The highest BCUT2D eigenvalue weighted by atomic mass is 28.3. The van der Waals surface area contributed by atoms with Crippen molar-refractivity contribution in [3.05, 3.63) is 47.2 Å². The lowest BCUT2D eigenvalue weighted by atomic mass is 10.1. The Morgan fingerprint density at radius 2 is 1.89 bits per heavy atom. The molecule has 1 aromatic rings. The highest BCUT2D eigenvalue weighted by Gasteiger charge is 2.38. The van der Waals surface area contributed by atoms with E-state index in [1.165, 1.54) is 7.11 Å². The normalized spacial score (nSPS) is 22.5. The molecule has 1 fully saturated rings. The van der Waals surface area contributed by atoms with E-state index in [9.17, 15) is 4.79 Å². The Balaban J connectivity index is 1.98. The van der Waals surface area contributed by atoms with Crippen LogP contribution in [0.1, 0.15) is 22.0 Å². The molecule has 19 heavy (non-hydrogen) atoms. The molecule has 0 unspecified atom stereocenters. The van der Waals surface area contributed by atoms with Crippen LogP contribution in [0.5, 0.6) is 0 Å². The molecule has 0 aromatic heterocycles. The van der Waals surface area contributed by atoms with Gasteiger partial charge in [0.1, 0.15) is 12.2 Å². The molecule has 2 rings (SSSR count). The van der Waals surface area contributed by atoms with Crippen LogP contribution in [0.2, 0.25) is 19.6 Å². The zero-order valence-electron chi connectivity index (χ0n) is 11.8. The molecule has 4 heteroatoms. The Labute approximate surface area is 115 Å². The number of hydrogen-bond acceptors (Lipinski definition) is 3. The third-order valence-electron chi connectivity index (χ3n) is 2.97. The summed E-state index contributed by atoms with van der Waals surface area (Å²) in [5.74, 6) is -0.307. The van der Waals surface area contributed by atoms with Crippen LogP contribution in [0.3, 0.4) is 0 Å². The molecule has 0 aliphatic carbocycles. The van der Waals surface area contributed by atoms with Gasteiger partial charge in [-0.2, -0.15) is 0 Å². The maximum Gasteiger partial charge on any atom is 0.337 e. The summed E-state index contributed by atoms with van der Waals surface area (Å²) in [6, 6.07) is 7.42. The number of carbonyl (C=O) groups excluding carboxylic acids is 1. The second-order valence-electron chi connectivity index (χ2n) is 5.86. The van der Waals surface area contributed by atoms with Gasteiger partial charge in [-0.25, -0.2) is 4.79 Å². The predicted octanol–water partition coefficient (Wildman–Crippen LogP) is 3.35. The molecule has 102 valence electrons. The van der Waals surface area contributed by atoms with Crippen molar-refractivity contribution < 1.29 is 14.3 Å². The predicted molar refractivity (Wildman–Crippen MR) is 77.9 cm³/mol. The number of carbonyl (C=O) groups is 1. The number of esters is 1. The minimum Gasteiger partial charge on any atom is -0.465 e. The van der Waals surface area contributed by atoms with Crippen molar-refractivity contribution in [3.8, 4) is 0 Å². The fraction of sp³-hybridized carbons (Fsp3) is 0.400. The third-order valence-corrected chi connectivity index (χ3v) is 4.16. The van der Waals surface area contributed by atoms with E-state index in [2.05, 4.69) is 36.2 Å². The van der Waals surface area contributed by atoms with Crippen LogP contribution in [-0.4, -0.2) is 27.3 Å². The molecule has 2 atom stereocenters. The number of methoxy groups -OCH3 is 1. The first-order valence-corrected chi connectivity index (χ1v) is 10.0. The van der Waals surface area contributed by atoms with Crippen LogP contribution in [0.15, 0.2) is 36.0 Å². The summed E-state index contributed by atoms with van der Waals surface area (Å²) in [4.78, 5) is 11.3. The van der Waals surface area contributed by atoms with E-state index in [1.807, 2.05) is 12.1 Å². The van der Waals surface area contributed by atoms with Crippen LogP contribution in [0.25, 0.3) is 0 Å². The highest BCUT2D eigenvalue weighted by Crippen LogP contribution is 2.39. The van der Waals surface area contributed by atoms with Crippen LogP contribution in [0.4, 0.5) is 0 Å². The Bertz CT molecular complexity index is 485. The van der Waals surface area contributed by atoms with E-state index < -0.39 is 8.07 Å². The van der Waals surface area contributed by atoms with Crippen molar-refractivity contribution in [2.45, 2.75) is 31.8 Å². The molecule has 0 bridgehead atoms. The Hall–Kier alpha value is -1.39. The van der Waals surface area contributed by atoms with Gasteiger partial charge in [-0.1, -0.05) is 43.5 Å². The summed E-state index contributed by atoms with van der Waals surface area (Å²) in [6.07, 6.45) is 2.50. The van der Waals surface area contributed by atoms with Gasteiger partial charge in [0.05, 0.1) is 20.7 Å². The summed E-state index contributed by atoms with van der Waals surface area (Å²) in [6.45, 7) is 6.89. The van der Waals surface area contributed by atoms with Gasteiger partial charge in [0.25, 0.3) is 0 Å². The molecule has 0 spiro atoms. The summed E-state index contributed by atoms with van der Waals surface area (Å²) < 4.78 is 10.3. The van der Waals surface area contributed by atoms with Crippen molar-refractivity contribution >= 4 is 14.0 Å². The molecule has 1 aliphatic rings. The lowest BCUT2D eigenvalue weighted by Crippen LogP contribution is -2.15. The lowest BCUT2D eigenvalue weighted by Gasteiger charge is -2.07. The molecule has 1 aromatic carbocycles. The molecule has 1 saturated heterocycles. The summed E-state index contributed by atoms with van der Waals surface area (Å²) in [5, 5.41) is 0. The number of hydrogen-bond donors (Lipinski definition) is 0. The maximum absolute atomic E-state index is 11.3. The topological polar surface area (TPSA) is 38.8 Å². The number of epoxide rings is 1. The molecule has 0 saturated carbocycles. The van der Waals surface area contributed by atoms with E-state index in [0.29, 0.717) is 5.56 Å². The largest absolute Gasteiger partial charge is 0.465 e. The number of rotatable bonds is 4. The second kappa shape index (κ2) is 5.31. The van der Waals surface area contributed by atoms with E-state index in [1.54, 1.807) is 12.1 Å². The van der Waals surface area contributed by atoms with Gasteiger partial charge in [0.2, 0.25) is 0 Å². The Morgan fingerprint density at radius 1 is 1.26 bits per heavy atom. The Kier molecular flexibility index (Phi) is 3.92. The van der Waals surface area contributed by atoms with Gasteiger partial charge < -0.3 is 9.47 Å². The van der Waals surface area contributed by atoms with Crippen molar-refractivity contribution in [3.63, 3.8) is 0 Å². The fourth-order valence-electron chi connectivity index (χ4n) is 1.85. The number of benzene rings is 1. The highest BCUT2D eigenvalue weighted by molar-refractivity contribution is 6.80. The maximum atomic E-state index is 11.3. The van der Waals surface area contributed by atoms with Crippen LogP contribution in [0, 0.1) is 0 Å². The minimum atomic E-state index is -1.16. The molecular formula is C15H20O3Si. The van der Waals surface area contributed by atoms with E-state index in [4.69, 9.17) is 4.74 Å². The van der Waals surface area contributed by atoms with Crippen LogP contribution >= 0.6 is 0 Å². The van der Waals surface area contributed by atoms with E-state index >= 15 is 0 Å². The first kappa shape index (κ1) is 14.0. The molecule has 1 heterocycles. The number of ether oxygens (including phenoxy) is 2. The zero-order chi connectivity index (χ0) is 14.0. The average molecular weight is 276 g/mol. The van der Waals surface area contributed by atoms with Gasteiger partial charge in [-0.3, -0.25) is 0 Å². The monoisotopic (exact) mass is 276 g/mol. The average Bonchev–Trinajstić information content (AvgIpc) is 3.14. The third kappa shape index (κ3) is 3.78. The quantitative estimate of drug-likeness (QED) is 0.481. The summed E-state index contributed by atoms with van der Waals surface area (Å²) in [5.41, 5.74) is 3.99. The zero-order valence-corrected chi connectivity index (χ0v) is 12.8. The van der Waals surface area contributed by atoms with Crippen LogP contribution < -0.4 is 0 Å². The van der Waals surface area contributed by atoms with Gasteiger partial charge in [-0.15, -0.1) is 0 Å². The molecule has 1 aliphatic heterocycles. The molecule has 3 nitrogen and oxygen atoms in total. The van der Waals surface area contributed by atoms with Crippen molar-refractivity contribution in [2.75, 3.05) is 7.11 Å². The van der Waals surface area contributed by atoms with Crippen molar-refractivity contribution in [1.82, 2.24) is 0 Å². The molecule has 0 radical (unpaired) electrons. The molecular weight excluding hydrogens is 256 g/mol. The lowest BCUT2D eigenvalue weighted by molar-refractivity contribution is 0.0600. The van der Waals surface area contributed by atoms with Gasteiger partial charge in [0, 0.05) is 0 Å². The van der Waals surface area contributed by atoms with Gasteiger partial charge in [0.15, 0.2) is 0 Å². The second-order valence-corrected chi connectivity index (χ2v) is 10.9. The van der Waals surface area contributed by atoms with Crippen LogP contribution in [-0.2, 0) is 9.47 Å². The van der Waals surface area contributed by atoms with Gasteiger partial charge >= 0.3 is 5.97 Å². The fourth-order valence-corrected chi connectivity index (χ4v) is 2.62. The Morgan fingerprint density at radius 3 is 2.42 bits per heavy atom. The van der Waals surface area contributed by atoms with Crippen molar-refractivity contribution in [2.24, 2.45) is 0 Å². The van der Waals surface area contributed by atoms with E-state index in [-0.39, 0.29) is 18.2 Å². The summed E-state index contributed by atoms with van der Waals surface area (Å²) >= 11 is 0. The first-order chi connectivity index (χ1) is 8.90. The SMILES string of the molecule is COC(=O)c1ccc([C@H]2O[C@@H]2/C=C/[Si](C)(C)C)cc1. The first-order valence-electron chi connectivity index (χ1n) is 6.44. The van der Waals surface area contributed by atoms with Gasteiger partial charge in [-0.05, 0) is 17.7 Å². The smallest absolute Gasteiger partial charge is 0.337 e. The standard InChI is InChI=1S/C15H20O3Si/c1-17-15(16)12-7-5-11(6-8-12)14-13(18-14)9-10-19(2,3)4/h5-10,13-14H,1-4H3/b10-9+/t13-,14-/m1/s1. The van der Waals surface area contributed by atoms with Crippen molar-refractivity contribution in [1.29, 1.82) is 0 Å². The summed E-state index contributed by atoms with van der Waals surface area (Å²) in [7, 11) is 0.225. The van der Waals surface area contributed by atoms with E-state index in [0.717, 1.165) is 5.56 Å².